The Bertz CT molecular complexity index is 1470. The Kier molecular flexibility index (Phi) is 5.01. The van der Waals surface area contributed by atoms with E-state index in [4.69, 9.17) is 9.15 Å². The highest BCUT2D eigenvalue weighted by Crippen LogP contribution is 2.44. The zero-order chi connectivity index (χ0) is 24.2. The fourth-order valence-electron chi connectivity index (χ4n) is 4.48. The fourth-order valence-corrected chi connectivity index (χ4v) is 4.48. The molecule has 0 saturated heterocycles. The summed E-state index contributed by atoms with van der Waals surface area (Å²) >= 11 is 0. The van der Waals surface area contributed by atoms with Gasteiger partial charge in [0.1, 0.15) is 28.6 Å². The second-order valence-corrected chi connectivity index (χ2v) is 8.72. The number of anilines is 1. The number of furan rings is 1. The smallest absolute Gasteiger partial charge is 0.291 e. The predicted octanol–water partition coefficient (Wildman–Crippen LogP) is 6.46. The molecule has 1 aromatic heterocycles. The number of halogens is 2. The number of ketones is 1. The molecule has 34 heavy (non-hydrogen) atoms. The van der Waals surface area contributed by atoms with Gasteiger partial charge in [-0.2, -0.15) is 0 Å². The molecule has 1 aliphatic rings. The van der Waals surface area contributed by atoms with Crippen molar-refractivity contribution >= 4 is 28.3 Å². The van der Waals surface area contributed by atoms with E-state index in [1.54, 1.807) is 45.0 Å². The molecule has 0 bridgehead atoms. The van der Waals surface area contributed by atoms with Crippen LogP contribution in [-0.4, -0.2) is 11.7 Å². The van der Waals surface area contributed by atoms with Crippen molar-refractivity contribution in [2.24, 2.45) is 0 Å². The van der Waals surface area contributed by atoms with Crippen molar-refractivity contribution in [1.29, 1.82) is 0 Å². The number of aryl methyl sites for hydroxylation is 2. The standard InChI is InChI=1S/C27H21F2NO4/c1-14-12-18(29)8-9-19(14)30-26(32)25-15(2)23-21(33-25)10-11-22-24(23)20(31)13-27(3,34-22)16-4-6-17(28)7-5-16/h4-12H,13H2,1-3H3,(H,30,32). The minimum absolute atomic E-state index is 0.0473. The van der Waals surface area contributed by atoms with Crippen LogP contribution in [0.1, 0.15) is 50.9 Å². The Morgan fingerprint density at radius 3 is 2.41 bits per heavy atom. The number of benzene rings is 3. The number of carbonyl (C=O) groups excluding carboxylic acids is 2. The van der Waals surface area contributed by atoms with E-state index in [0.29, 0.717) is 44.7 Å². The highest BCUT2D eigenvalue weighted by atomic mass is 19.1. The third kappa shape index (κ3) is 3.53. The summed E-state index contributed by atoms with van der Waals surface area (Å²) in [5, 5.41) is 3.26. The van der Waals surface area contributed by atoms with Crippen molar-refractivity contribution < 1.29 is 27.5 Å². The minimum atomic E-state index is -0.955. The van der Waals surface area contributed by atoms with Crippen LogP contribution in [-0.2, 0) is 5.60 Å². The number of Topliss-reactive ketones (excluding diaryl/α,β-unsaturated/α-hetero) is 1. The quantitative estimate of drug-likeness (QED) is 0.380. The van der Waals surface area contributed by atoms with Crippen molar-refractivity contribution in [2.45, 2.75) is 32.8 Å². The summed E-state index contributed by atoms with van der Waals surface area (Å²) in [7, 11) is 0. The Morgan fingerprint density at radius 2 is 1.71 bits per heavy atom. The molecule has 4 aromatic rings. The van der Waals surface area contributed by atoms with Gasteiger partial charge in [0.2, 0.25) is 0 Å². The van der Waals surface area contributed by atoms with E-state index < -0.39 is 17.3 Å². The van der Waals surface area contributed by atoms with E-state index in [1.165, 1.54) is 30.3 Å². The molecule has 0 aliphatic carbocycles. The van der Waals surface area contributed by atoms with Crippen LogP contribution in [0, 0.1) is 25.5 Å². The number of hydrogen-bond donors (Lipinski definition) is 1. The Balaban J connectivity index is 1.53. The van der Waals surface area contributed by atoms with Crippen LogP contribution in [0.3, 0.4) is 0 Å². The minimum Gasteiger partial charge on any atom is -0.482 e. The van der Waals surface area contributed by atoms with E-state index in [0.717, 1.165) is 0 Å². The molecule has 1 unspecified atom stereocenters. The number of rotatable bonds is 3. The van der Waals surface area contributed by atoms with Crippen LogP contribution in [0.5, 0.6) is 5.75 Å². The molecular weight excluding hydrogens is 440 g/mol. The summed E-state index contributed by atoms with van der Waals surface area (Å²) in [4.78, 5) is 26.3. The predicted molar refractivity (Wildman–Crippen MR) is 123 cm³/mol. The first-order valence-electron chi connectivity index (χ1n) is 10.8. The number of hydrogen-bond acceptors (Lipinski definition) is 4. The van der Waals surface area contributed by atoms with Gasteiger partial charge in [-0.15, -0.1) is 0 Å². The molecule has 2 heterocycles. The second-order valence-electron chi connectivity index (χ2n) is 8.72. The highest BCUT2D eigenvalue weighted by molar-refractivity contribution is 6.15. The molecule has 1 aliphatic heterocycles. The van der Waals surface area contributed by atoms with E-state index in [9.17, 15) is 18.4 Å². The van der Waals surface area contributed by atoms with E-state index in [-0.39, 0.29) is 23.8 Å². The maximum absolute atomic E-state index is 13.4. The normalized spacial score (nSPS) is 17.4. The monoisotopic (exact) mass is 461 g/mol. The van der Waals surface area contributed by atoms with Gasteiger partial charge < -0.3 is 14.5 Å². The molecule has 1 atom stereocenters. The SMILES string of the molecule is Cc1cc(F)ccc1NC(=O)c1oc2ccc3c(c2c1C)C(=O)CC(C)(c1ccc(F)cc1)O3. The van der Waals surface area contributed by atoms with Gasteiger partial charge in [-0.25, -0.2) is 8.78 Å². The Hall–Kier alpha value is -4.00. The summed E-state index contributed by atoms with van der Waals surface area (Å²) in [6.45, 7) is 5.19. The van der Waals surface area contributed by atoms with Gasteiger partial charge in [0.25, 0.3) is 5.91 Å². The number of fused-ring (bicyclic) bond motifs is 3. The third-order valence-electron chi connectivity index (χ3n) is 6.27. The van der Waals surface area contributed by atoms with Crippen LogP contribution in [0.25, 0.3) is 11.0 Å². The number of nitrogens with one attached hydrogen (secondary N) is 1. The lowest BCUT2D eigenvalue weighted by molar-refractivity contribution is 0.0507. The van der Waals surface area contributed by atoms with Gasteiger partial charge in [0, 0.05) is 16.6 Å². The molecule has 1 amide bonds. The maximum atomic E-state index is 13.4. The molecule has 7 heteroatoms. The first-order valence-corrected chi connectivity index (χ1v) is 10.8. The van der Waals surface area contributed by atoms with Crippen LogP contribution < -0.4 is 10.1 Å². The van der Waals surface area contributed by atoms with Gasteiger partial charge in [-0.05, 0) is 74.4 Å². The van der Waals surface area contributed by atoms with Crippen LogP contribution in [0.15, 0.2) is 59.0 Å². The van der Waals surface area contributed by atoms with E-state index >= 15 is 0 Å². The topological polar surface area (TPSA) is 68.5 Å². The zero-order valence-corrected chi connectivity index (χ0v) is 18.8. The van der Waals surface area contributed by atoms with E-state index in [1.807, 2.05) is 0 Å². The highest BCUT2D eigenvalue weighted by Gasteiger charge is 2.40. The molecule has 0 fully saturated rings. The van der Waals surface area contributed by atoms with Gasteiger partial charge in [0.15, 0.2) is 11.5 Å². The Morgan fingerprint density at radius 1 is 1.00 bits per heavy atom. The number of ether oxygens (including phenoxy) is 1. The molecule has 5 rings (SSSR count). The van der Waals surface area contributed by atoms with Crippen molar-refractivity contribution in [3.8, 4) is 5.75 Å². The number of amides is 1. The van der Waals surface area contributed by atoms with Gasteiger partial charge in [0.05, 0.1) is 12.0 Å². The lowest BCUT2D eigenvalue weighted by atomic mass is 9.84. The molecular formula is C27H21F2NO4. The summed E-state index contributed by atoms with van der Waals surface area (Å²) < 4.78 is 38.9. The summed E-state index contributed by atoms with van der Waals surface area (Å²) in [6.07, 6.45) is 0.0473. The van der Waals surface area contributed by atoms with Crippen molar-refractivity contribution in [2.75, 3.05) is 5.32 Å². The van der Waals surface area contributed by atoms with Gasteiger partial charge in [-0.1, -0.05) is 12.1 Å². The summed E-state index contributed by atoms with van der Waals surface area (Å²) in [5.41, 5.74) is 2.02. The van der Waals surface area contributed by atoms with Crippen molar-refractivity contribution in [1.82, 2.24) is 0 Å². The van der Waals surface area contributed by atoms with Crippen molar-refractivity contribution in [3.63, 3.8) is 0 Å². The van der Waals surface area contributed by atoms with Crippen LogP contribution in [0.2, 0.25) is 0 Å². The fraction of sp³-hybridized carbons (Fsp3) is 0.185. The molecule has 5 nitrogen and oxygen atoms in total. The van der Waals surface area contributed by atoms with Crippen LogP contribution in [0.4, 0.5) is 14.5 Å². The molecule has 172 valence electrons. The molecule has 0 saturated carbocycles. The first kappa shape index (κ1) is 21.8. The first-order chi connectivity index (χ1) is 16.2. The summed E-state index contributed by atoms with van der Waals surface area (Å²) in [6, 6.07) is 13.3. The maximum Gasteiger partial charge on any atom is 0.291 e. The Labute approximate surface area is 194 Å². The lowest BCUT2D eigenvalue weighted by Gasteiger charge is -2.35. The van der Waals surface area contributed by atoms with Crippen LogP contribution >= 0.6 is 0 Å². The number of carbonyl (C=O) groups is 2. The third-order valence-corrected chi connectivity index (χ3v) is 6.27. The lowest BCUT2D eigenvalue weighted by Crippen LogP contribution is -2.36. The molecule has 1 N–H and O–H groups in total. The summed E-state index contributed by atoms with van der Waals surface area (Å²) in [5.74, 6) is -0.991. The second kappa shape index (κ2) is 7.80. The van der Waals surface area contributed by atoms with Crippen molar-refractivity contribution in [3.05, 3.63) is 94.2 Å². The zero-order valence-electron chi connectivity index (χ0n) is 18.8. The van der Waals surface area contributed by atoms with Gasteiger partial charge >= 0.3 is 0 Å². The van der Waals surface area contributed by atoms with E-state index in [2.05, 4.69) is 5.32 Å². The average molecular weight is 461 g/mol. The largest absolute Gasteiger partial charge is 0.482 e. The molecule has 0 spiro atoms. The molecule has 0 radical (unpaired) electrons. The molecule has 3 aromatic carbocycles. The van der Waals surface area contributed by atoms with Gasteiger partial charge in [-0.3, -0.25) is 9.59 Å². The average Bonchev–Trinajstić information content (AvgIpc) is 3.12.